The zero-order chi connectivity index (χ0) is 23.6. The van der Waals surface area contributed by atoms with Gasteiger partial charge in [-0.2, -0.15) is 13.2 Å². The summed E-state index contributed by atoms with van der Waals surface area (Å²) in [5, 5.41) is 3.02. The molecular weight excluding hydrogens is 453 g/mol. The van der Waals surface area contributed by atoms with E-state index in [9.17, 15) is 18.0 Å². The van der Waals surface area contributed by atoms with Gasteiger partial charge in [0.2, 0.25) is 0 Å². The van der Waals surface area contributed by atoms with Gasteiger partial charge in [0.25, 0.3) is 0 Å². The molecule has 10 heteroatoms. The molecule has 0 spiro atoms. The average molecular weight is 479 g/mol. The van der Waals surface area contributed by atoms with Crippen molar-refractivity contribution >= 4 is 40.4 Å². The van der Waals surface area contributed by atoms with Crippen LogP contribution >= 0.6 is 12.2 Å². The molecule has 0 aliphatic carbocycles. The van der Waals surface area contributed by atoms with Gasteiger partial charge in [0.1, 0.15) is 6.10 Å². The first-order valence-electron chi connectivity index (χ1n) is 10.7. The van der Waals surface area contributed by atoms with Gasteiger partial charge in [-0.3, -0.25) is 4.90 Å². The predicted octanol–water partition coefficient (Wildman–Crippen LogP) is 4.29. The third kappa shape index (κ3) is 5.50. The van der Waals surface area contributed by atoms with Crippen LogP contribution in [0, 0.1) is 0 Å². The van der Waals surface area contributed by atoms with Crippen LogP contribution in [0.2, 0.25) is 0 Å². The second-order valence-corrected chi connectivity index (χ2v) is 8.70. The molecule has 2 aliphatic rings. The minimum atomic E-state index is -4.35. The van der Waals surface area contributed by atoms with E-state index in [4.69, 9.17) is 17.0 Å². The summed E-state index contributed by atoms with van der Waals surface area (Å²) in [6.07, 6.45) is -4.99. The number of anilines is 3. The second kappa shape index (κ2) is 9.46. The van der Waals surface area contributed by atoms with Crippen molar-refractivity contribution in [2.75, 3.05) is 54.0 Å². The number of carbonyl (C=O) groups excluding carboxylic acids is 1. The second-order valence-electron chi connectivity index (χ2n) is 8.09. The van der Waals surface area contributed by atoms with Gasteiger partial charge in [-0.15, -0.1) is 0 Å². The number of amides is 1. The van der Waals surface area contributed by atoms with Crippen LogP contribution in [0.25, 0.3) is 0 Å². The third-order valence-corrected chi connectivity index (χ3v) is 5.94. The summed E-state index contributed by atoms with van der Waals surface area (Å²) < 4.78 is 44.4. The normalized spacial score (nSPS) is 19.0. The first-order valence-corrected chi connectivity index (χ1v) is 11.1. The van der Waals surface area contributed by atoms with Crippen molar-refractivity contribution in [1.29, 1.82) is 0 Å². The molecule has 0 unspecified atom stereocenters. The highest BCUT2D eigenvalue weighted by atomic mass is 32.1. The number of benzene rings is 2. The molecule has 4 rings (SSSR count). The Kier molecular flexibility index (Phi) is 6.64. The molecule has 0 bridgehead atoms. The summed E-state index contributed by atoms with van der Waals surface area (Å²) in [5.74, 6) is 0. The maximum absolute atomic E-state index is 13.0. The van der Waals surface area contributed by atoms with Crippen molar-refractivity contribution in [2.24, 2.45) is 0 Å². The van der Waals surface area contributed by atoms with Crippen LogP contribution < -0.4 is 20.0 Å². The van der Waals surface area contributed by atoms with Crippen LogP contribution in [-0.4, -0.2) is 56.5 Å². The number of hydrogen-bond donors (Lipinski definition) is 1. The zero-order valence-corrected chi connectivity index (χ0v) is 19.0. The number of thiocarbonyl (C=S) groups is 1. The summed E-state index contributed by atoms with van der Waals surface area (Å²) in [5.41, 5.74) is 1.71. The molecule has 2 aromatic carbocycles. The zero-order valence-electron chi connectivity index (χ0n) is 18.1. The Morgan fingerprint density at radius 2 is 1.64 bits per heavy atom. The van der Waals surface area contributed by atoms with Gasteiger partial charge < -0.3 is 19.9 Å². The highest BCUT2D eigenvalue weighted by molar-refractivity contribution is 7.80. The lowest BCUT2D eigenvalue weighted by Crippen LogP contribution is -2.46. The molecule has 2 saturated heterocycles. The Morgan fingerprint density at radius 1 is 1.03 bits per heavy atom. The maximum atomic E-state index is 13.0. The average Bonchev–Trinajstić information content (AvgIpc) is 3.18. The molecule has 0 radical (unpaired) electrons. The molecule has 33 heavy (non-hydrogen) atoms. The molecule has 0 saturated carbocycles. The monoisotopic (exact) mass is 478 g/mol. The fourth-order valence-electron chi connectivity index (χ4n) is 4.04. The molecule has 1 atom stereocenters. The topological polar surface area (TPSA) is 48.0 Å². The first-order chi connectivity index (χ1) is 15.7. The Morgan fingerprint density at radius 3 is 2.24 bits per heavy atom. The van der Waals surface area contributed by atoms with E-state index in [1.165, 1.54) is 12.1 Å². The van der Waals surface area contributed by atoms with Crippen molar-refractivity contribution in [2.45, 2.75) is 19.2 Å². The van der Waals surface area contributed by atoms with Crippen LogP contribution in [0.15, 0.2) is 48.5 Å². The fourth-order valence-corrected chi connectivity index (χ4v) is 4.12. The number of alkyl halides is 3. The number of carbonyl (C=O) groups is 1. The van der Waals surface area contributed by atoms with Gasteiger partial charge in [-0.05, 0) is 49.4 Å². The van der Waals surface area contributed by atoms with Gasteiger partial charge in [-0.1, -0.05) is 18.3 Å². The van der Waals surface area contributed by atoms with E-state index < -0.39 is 11.7 Å². The van der Waals surface area contributed by atoms with Crippen molar-refractivity contribution in [3.05, 3.63) is 54.1 Å². The minimum absolute atomic E-state index is 0.265. The number of nitrogens with one attached hydrogen (secondary N) is 1. The number of rotatable bonds is 5. The number of cyclic esters (lactones) is 1. The molecule has 2 aromatic rings. The van der Waals surface area contributed by atoms with E-state index in [0.29, 0.717) is 49.9 Å². The van der Waals surface area contributed by atoms with Crippen LogP contribution in [0.1, 0.15) is 12.5 Å². The fraction of sp³-hybridized carbons (Fsp3) is 0.391. The van der Waals surface area contributed by atoms with E-state index in [1.807, 2.05) is 29.2 Å². The third-order valence-electron chi connectivity index (χ3n) is 5.80. The van der Waals surface area contributed by atoms with Gasteiger partial charge in [0.15, 0.2) is 0 Å². The number of halogens is 3. The lowest BCUT2D eigenvalue weighted by Gasteiger charge is -2.37. The standard InChI is InChI=1S/C23H25F3N4O2S/c1-16(33)27-14-21-15-30(22(31)32-21)19-7-5-18(6-8-19)28-9-11-29(12-10-28)20-4-2-3-17(13-20)23(24,25)26/h2-8,13,21H,9-12,14-15H2,1H3,(H,27,33)/t21-/m0/s1. The van der Waals surface area contributed by atoms with Crippen LogP contribution in [0.5, 0.6) is 0 Å². The number of hydrogen-bond acceptors (Lipinski definition) is 5. The molecular formula is C23H25F3N4O2S. The first kappa shape index (κ1) is 23.2. The highest BCUT2D eigenvalue weighted by Gasteiger charge is 2.33. The summed E-state index contributed by atoms with van der Waals surface area (Å²) in [7, 11) is 0. The van der Waals surface area contributed by atoms with E-state index in [-0.39, 0.29) is 12.2 Å². The Labute approximate surface area is 195 Å². The van der Waals surface area contributed by atoms with Gasteiger partial charge in [-0.25, -0.2) is 4.79 Å². The quantitative estimate of drug-likeness (QED) is 0.647. The lowest BCUT2D eigenvalue weighted by atomic mass is 10.1. The summed E-state index contributed by atoms with van der Waals surface area (Å²) in [4.78, 5) is 18.6. The minimum Gasteiger partial charge on any atom is -0.442 e. The Hall–Kier alpha value is -3.01. The molecule has 1 amide bonds. The van der Waals surface area contributed by atoms with Gasteiger partial charge in [0, 0.05) is 43.2 Å². The molecule has 176 valence electrons. The van der Waals surface area contributed by atoms with Crippen LogP contribution in [-0.2, 0) is 10.9 Å². The Bertz CT molecular complexity index is 1010. The maximum Gasteiger partial charge on any atom is 0.416 e. The Balaban J connectivity index is 1.34. The van der Waals surface area contributed by atoms with Gasteiger partial charge >= 0.3 is 12.3 Å². The molecule has 1 N–H and O–H groups in total. The molecule has 0 aromatic heterocycles. The van der Waals surface area contributed by atoms with E-state index in [1.54, 1.807) is 17.9 Å². The largest absolute Gasteiger partial charge is 0.442 e. The molecule has 6 nitrogen and oxygen atoms in total. The molecule has 2 fully saturated rings. The number of piperazine rings is 1. The molecule has 2 aliphatic heterocycles. The van der Waals surface area contributed by atoms with Gasteiger partial charge in [0.05, 0.1) is 23.6 Å². The van der Waals surface area contributed by atoms with Crippen molar-refractivity contribution in [1.82, 2.24) is 5.32 Å². The van der Waals surface area contributed by atoms with Crippen molar-refractivity contribution in [3.63, 3.8) is 0 Å². The smallest absolute Gasteiger partial charge is 0.416 e. The number of ether oxygens (including phenoxy) is 1. The van der Waals surface area contributed by atoms with E-state index in [2.05, 4.69) is 10.2 Å². The van der Waals surface area contributed by atoms with E-state index >= 15 is 0 Å². The van der Waals surface area contributed by atoms with Crippen molar-refractivity contribution < 1.29 is 22.7 Å². The van der Waals surface area contributed by atoms with Crippen LogP contribution in [0.3, 0.4) is 0 Å². The SMILES string of the molecule is CC(=S)NC[C@H]1CN(c2ccc(N3CCN(c4cccc(C(F)(F)F)c4)CC3)cc2)C(=O)O1. The summed E-state index contributed by atoms with van der Waals surface area (Å²) in [6, 6.07) is 13.1. The molecule has 2 heterocycles. The lowest BCUT2D eigenvalue weighted by molar-refractivity contribution is -0.137. The highest BCUT2D eigenvalue weighted by Crippen LogP contribution is 2.32. The summed E-state index contributed by atoms with van der Waals surface area (Å²) >= 11 is 5.00. The number of nitrogens with zero attached hydrogens (tertiary/aromatic N) is 3. The van der Waals surface area contributed by atoms with Crippen LogP contribution in [0.4, 0.5) is 35.0 Å². The van der Waals surface area contributed by atoms with E-state index in [0.717, 1.165) is 17.4 Å². The van der Waals surface area contributed by atoms with Crippen molar-refractivity contribution in [3.8, 4) is 0 Å². The predicted molar refractivity (Wildman–Crippen MR) is 126 cm³/mol. The summed E-state index contributed by atoms with van der Waals surface area (Å²) in [6.45, 7) is 5.32.